The molecule has 0 atom stereocenters. The lowest BCUT2D eigenvalue weighted by Crippen LogP contribution is -2.26. The molecule has 0 aliphatic heterocycles. The Kier molecular flexibility index (Phi) is 6.01. The van der Waals surface area contributed by atoms with Crippen LogP contribution in [0, 0.1) is 11.8 Å². The minimum Gasteiger partial charge on any atom is -0.494 e. The van der Waals surface area contributed by atoms with Crippen LogP contribution in [0.15, 0.2) is 72.8 Å². The third-order valence-corrected chi connectivity index (χ3v) is 5.04. The van der Waals surface area contributed by atoms with Gasteiger partial charge in [0.1, 0.15) is 12.4 Å². The van der Waals surface area contributed by atoms with E-state index in [1.165, 1.54) is 22.3 Å². The van der Waals surface area contributed by atoms with Crippen molar-refractivity contribution in [3.8, 4) is 28.7 Å². The summed E-state index contributed by atoms with van der Waals surface area (Å²) >= 11 is 0. The van der Waals surface area contributed by atoms with E-state index in [0.29, 0.717) is 13.2 Å². The molecular formula is C26H23NO3. The fourth-order valence-corrected chi connectivity index (χ4v) is 3.74. The van der Waals surface area contributed by atoms with Gasteiger partial charge in [-0.3, -0.25) is 0 Å². The number of carbonyl (C=O) groups is 1. The summed E-state index contributed by atoms with van der Waals surface area (Å²) in [6.07, 6.45) is -0.464. The molecule has 0 saturated carbocycles. The second-order valence-electron chi connectivity index (χ2n) is 6.94. The predicted octanol–water partition coefficient (Wildman–Crippen LogP) is 4.98. The molecule has 1 amide bonds. The molecule has 3 aromatic rings. The third kappa shape index (κ3) is 4.31. The fourth-order valence-electron chi connectivity index (χ4n) is 3.74. The van der Waals surface area contributed by atoms with Gasteiger partial charge >= 0.3 is 6.09 Å². The highest BCUT2D eigenvalue weighted by molar-refractivity contribution is 5.79. The van der Waals surface area contributed by atoms with E-state index >= 15 is 0 Å². The highest BCUT2D eigenvalue weighted by Crippen LogP contribution is 2.44. The van der Waals surface area contributed by atoms with Crippen LogP contribution in [-0.4, -0.2) is 25.9 Å². The van der Waals surface area contributed by atoms with Crippen molar-refractivity contribution in [2.75, 3.05) is 19.8 Å². The van der Waals surface area contributed by atoms with Crippen LogP contribution in [-0.2, 0) is 4.74 Å². The second kappa shape index (κ2) is 9.19. The molecule has 0 fully saturated rings. The van der Waals surface area contributed by atoms with Gasteiger partial charge in [0.25, 0.3) is 0 Å². The number of hydrogen-bond donors (Lipinski definition) is 1. The van der Waals surface area contributed by atoms with Crippen molar-refractivity contribution in [2.24, 2.45) is 0 Å². The van der Waals surface area contributed by atoms with Crippen molar-refractivity contribution in [1.82, 2.24) is 5.32 Å². The topological polar surface area (TPSA) is 47.6 Å². The van der Waals surface area contributed by atoms with Crippen LogP contribution in [0.1, 0.15) is 29.5 Å². The Morgan fingerprint density at radius 3 is 2.37 bits per heavy atom. The molecule has 1 aliphatic carbocycles. The minimum atomic E-state index is -0.464. The van der Waals surface area contributed by atoms with Gasteiger partial charge in [-0.25, -0.2) is 4.79 Å². The van der Waals surface area contributed by atoms with Crippen LogP contribution >= 0.6 is 0 Å². The summed E-state index contributed by atoms with van der Waals surface area (Å²) in [5.41, 5.74) is 5.65. The quantitative estimate of drug-likeness (QED) is 0.618. The van der Waals surface area contributed by atoms with E-state index in [4.69, 9.17) is 9.47 Å². The molecule has 0 spiro atoms. The van der Waals surface area contributed by atoms with Gasteiger partial charge in [0, 0.05) is 11.5 Å². The molecule has 150 valence electrons. The molecule has 1 aliphatic rings. The standard InChI is InChI=1S/C26H23NO3/c1-2-29-20-11-7-9-19(17-20)10-8-16-27-26(28)30-18-25-23-14-5-3-12-21(23)22-13-4-6-15-24(22)25/h3-7,9,11-15,17,25H,2,16,18H2,1H3,(H,27,28). The van der Waals surface area contributed by atoms with Crippen molar-refractivity contribution >= 4 is 6.09 Å². The average Bonchev–Trinajstić information content (AvgIpc) is 3.10. The van der Waals surface area contributed by atoms with Crippen LogP contribution < -0.4 is 10.1 Å². The number of fused-ring (bicyclic) bond motifs is 3. The van der Waals surface area contributed by atoms with E-state index in [1.54, 1.807) is 0 Å². The number of benzene rings is 3. The Labute approximate surface area is 176 Å². The summed E-state index contributed by atoms with van der Waals surface area (Å²) in [7, 11) is 0. The summed E-state index contributed by atoms with van der Waals surface area (Å²) in [5.74, 6) is 6.80. The SMILES string of the molecule is CCOc1cccc(C#CCNC(=O)OCC2c3ccccc3-c3ccccc32)c1. The van der Waals surface area contributed by atoms with Gasteiger partial charge in [0.15, 0.2) is 0 Å². The Morgan fingerprint density at radius 2 is 1.67 bits per heavy atom. The Morgan fingerprint density at radius 1 is 0.967 bits per heavy atom. The first-order valence-electron chi connectivity index (χ1n) is 10.1. The molecule has 4 rings (SSSR count). The Balaban J connectivity index is 1.33. The number of alkyl carbamates (subject to hydrolysis) is 1. The van der Waals surface area contributed by atoms with Crippen LogP contribution in [0.2, 0.25) is 0 Å². The maximum absolute atomic E-state index is 12.2. The van der Waals surface area contributed by atoms with E-state index in [9.17, 15) is 4.79 Å². The molecule has 0 aromatic heterocycles. The van der Waals surface area contributed by atoms with Crippen molar-refractivity contribution in [3.05, 3.63) is 89.5 Å². The zero-order valence-corrected chi connectivity index (χ0v) is 16.9. The molecule has 4 heteroatoms. The monoisotopic (exact) mass is 397 g/mol. The number of amides is 1. The number of nitrogens with one attached hydrogen (secondary N) is 1. The van der Waals surface area contributed by atoms with Crippen molar-refractivity contribution < 1.29 is 14.3 Å². The summed E-state index contributed by atoms with van der Waals surface area (Å²) in [6, 6.07) is 24.1. The Hall–Kier alpha value is -3.71. The predicted molar refractivity (Wildman–Crippen MR) is 118 cm³/mol. The maximum atomic E-state index is 12.2. The highest BCUT2D eigenvalue weighted by atomic mass is 16.5. The zero-order valence-electron chi connectivity index (χ0n) is 16.9. The van der Waals surface area contributed by atoms with Gasteiger partial charge in [0.05, 0.1) is 13.2 Å². The minimum absolute atomic E-state index is 0.0514. The molecule has 0 saturated heterocycles. The van der Waals surface area contributed by atoms with Crippen LogP contribution in [0.5, 0.6) is 5.75 Å². The first kappa shape index (κ1) is 19.6. The van der Waals surface area contributed by atoms with E-state index in [1.807, 2.05) is 55.5 Å². The zero-order chi connectivity index (χ0) is 20.8. The van der Waals surface area contributed by atoms with Gasteiger partial charge in [-0.1, -0.05) is 66.4 Å². The number of rotatable bonds is 5. The lowest BCUT2D eigenvalue weighted by atomic mass is 9.98. The normalized spacial score (nSPS) is 11.6. The third-order valence-electron chi connectivity index (χ3n) is 5.04. The molecule has 0 unspecified atom stereocenters. The lowest BCUT2D eigenvalue weighted by molar-refractivity contribution is 0.144. The Bertz CT molecular complexity index is 1060. The van der Waals surface area contributed by atoms with E-state index in [0.717, 1.165) is 11.3 Å². The average molecular weight is 397 g/mol. The van der Waals surface area contributed by atoms with E-state index in [2.05, 4.69) is 41.4 Å². The van der Waals surface area contributed by atoms with E-state index in [-0.39, 0.29) is 12.5 Å². The molecule has 4 nitrogen and oxygen atoms in total. The van der Waals surface area contributed by atoms with Gasteiger partial charge in [-0.05, 0) is 47.4 Å². The summed E-state index contributed by atoms with van der Waals surface area (Å²) in [4.78, 5) is 12.2. The number of ether oxygens (including phenoxy) is 2. The first-order valence-corrected chi connectivity index (χ1v) is 10.1. The fraction of sp³-hybridized carbons (Fsp3) is 0.192. The molecule has 1 N–H and O–H groups in total. The smallest absolute Gasteiger partial charge is 0.407 e. The summed E-state index contributed by atoms with van der Waals surface area (Å²) in [5, 5.41) is 2.70. The molecule has 3 aromatic carbocycles. The molecule has 0 bridgehead atoms. The van der Waals surface area contributed by atoms with Crippen LogP contribution in [0.25, 0.3) is 11.1 Å². The summed E-state index contributed by atoms with van der Waals surface area (Å²) < 4.78 is 11.0. The van der Waals surface area contributed by atoms with Crippen molar-refractivity contribution in [3.63, 3.8) is 0 Å². The van der Waals surface area contributed by atoms with E-state index < -0.39 is 6.09 Å². The first-order chi connectivity index (χ1) is 14.8. The highest BCUT2D eigenvalue weighted by Gasteiger charge is 2.28. The number of hydrogen-bond acceptors (Lipinski definition) is 3. The van der Waals surface area contributed by atoms with Crippen molar-refractivity contribution in [2.45, 2.75) is 12.8 Å². The second-order valence-corrected chi connectivity index (χ2v) is 6.94. The molecule has 30 heavy (non-hydrogen) atoms. The van der Waals surface area contributed by atoms with Crippen LogP contribution in [0.3, 0.4) is 0 Å². The molecule has 0 radical (unpaired) electrons. The van der Waals surface area contributed by atoms with Gasteiger partial charge in [-0.15, -0.1) is 0 Å². The van der Waals surface area contributed by atoms with Gasteiger partial charge in [-0.2, -0.15) is 0 Å². The number of carbonyl (C=O) groups excluding carboxylic acids is 1. The van der Waals surface area contributed by atoms with Crippen LogP contribution in [0.4, 0.5) is 4.79 Å². The maximum Gasteiger partial charge on any atom is 0.407 e. The molecular weight excluding hydrogens is 374 g/mol. The van der Waals surface area contributed by atoms with Gasteiger partial charge < -0.3 is 14.8 Å². The van der Waals surface area contributed by atoms with Gasteiger partial charge in [0.2, 0.25) is 0 Å². The largest absolute Gasteiger partial charge is 0.494 e. The summed E-state index contributed by atoms with van der Waals surface area (Å²) in [6.45, 7) is 3.07. The van der Waals surface area contributed by atoms with Crippen molar-refractivity contribution in [1.29, 1.82) is 0 Å². The molecule has 0 heterocycles. The lowest BCUT2D eigenvalue weighted by Gasteiger charge is -2.14.